The first-order valence-corrected chi connectivity index (χ1v) is 8.58. The van der Waals surface area contributed by atoms with E-state index >= 15 is 0 Å². The third kappa shape index (κ3) is 4.27. The van der Waals surface area contributed by atoms with E-state index < -0.39 is 0 Å². The molecule has 2 rings (SSSR count). The van der Waals surface area contributed by atoms with Crippen LogP contribution in [0.5, 0.6) is 0 Å². The molecule has 134 valence electrons. The molecule has 3 amide bonds. The van der Waals surface area contributed by atoms with E-state index in [0.29, 0.717) is 19.5 Å². The summed E-state index contributed by atoms with van der Waals surface area (Å²) in [6.45, 7) is 9.91. The van der Waals surface area contributed by atoms with Crippen LogP contribution >= 0.6 is 0 Å². The van der Waals surface area contributed by atoms with Crippen LogP contribution in [0.2, 0.25) is 0 Å². The van der Waals surface area contributed by atoms with Crippen LogP contribution < -0.4 is 5.32 Å². The predicted octanol–water partition coefficient (Wildman–Crippen LogP) is 1.47. The Kier molecular flexibility index (Phi) is 5.85. The SMILES string of the molecule is Cc1n[nH]c(C)c1CCN(C)C(=O)NCC1CC(=O)N(C(C)C)C1. The Morgan fingerprint density at radius 2 is 2.17 bits per heavy atom. The van der Waals surface area contributed by atoms with Crippen molar-refractivity contribution < 1.29 is 9.59 Å². The molecule has 1 aromatic heterocycles. The number of nitrogens with zero attached hydrogens (tertiary/aromatic N) is 3. The third-order valence-corrected chi connectivity index (χ3v) is 4.73. The molecule has 0 bridgehead atoms. The van der Waals surface area contributed by atoms with Gasteiger partial charge in [-0.3, -0.25) is 9.89 Å². The number of rotatable bonds is 6. The maximum Gasteiger partial charge on any atom is 0.317 e. The smallest absolute Gasteiger partial charge is 0.317 e. The van der Waals surface area contributed by atoms with Crippen LogP contribution in [0.1, 0.15) is 37.2 Å². The van der Waals surface area contributed by atoms with E-state index in [0.717, 1.165) is 24.4 Å². The second kappa shape index (κ2) is 7.68. The highest BCUT2D eigenvalue weighted by atomic mass is 16.2. The van der Waals surface area contributed by atoms with E-state index in [1.807, 2.05) is 32.6 Å². The zero-order valence-corrected chi connectivity index (χ0v) is 15.3. The van der Waals surface area contributed by atoms with Gasteiger partial charge in [0.1, 0.15) is 0 Å². The topological polar surface area (TPSA) is 81.3 Å². The Morgan fingerprint density at radius 3 is 2.71 bits per heavy atom. The molecule has 1 unspecified atom stereocenters. The number of aromatic nitrogens is 2. The number of nitrogens with one attached hydrogen (secondary N) is 2. The van der Waals surface area contributed by atoms with Crippen LogP contribution in [-0.2, 0) is 11.2 Å². The van der Waals surface area contributed by atoms with Crippen molar-refractivity contribution in [3.05, 3.63) is 17.0 Å². The fourth-order valence-electron chi connectivity index (χ4n) is 3.13. The van der Waals surface area contributed by atoms with Gasteiger partial charge in [0, 0.05) is 50.8 Å². The second-order valence-electron chi connectivity index (χ2n) is 6.98. The van der Waals surface area contributed by atoms with E-state index in [-0.39, 0.29) is 23.9 Å². The minimum Gasteiger partial charge on any atom is -0.340 e. The van der Waals surface area contributed by atoms with Crippen molar-refractivity contribution in [2.45, 2.75) is 46.6 Å². The third-order valence-electron chi connectivity index (χ3n) is 4.73. The maximum atomic E-state index is 12.2. The van der Waals surface area contributed by atoms with Crippen LogP contribution in [0.15, 0.2) is 0 Å². The van der Waals surface area contributed by atoms with Crippen LogP contribution in [0.4, 0.5) is 4.79 Å². The number of aryl methyl sites for hydroxylation is 2. The Morgan fingerprint density at radius 1 is 1.46 bits per heavy atom. The standard InChI is InChI=1S/C17H29N5O2/c1-11(2)22-10-14(8-16(22)23)9-18-17(24)21(5)7-6-15-12(3)19-20-13(15)4/h11,14H,6-10H2,1-5H3,(H,18,24)(H,19,20). The lowest BCUT2D eigenvalue weighted by atomic mass is 10.1. The number of carbonyl (C=O) groups is 2. The summed E-state index contributed by atoms with van der Waals surface area (Å²) in [4.78, 5) is 27.7. The van der Waals surface area contributed by atoms with Gasteiger partial charge in [-0.1, -0.05) is 0 Å². The Balaban J connectivity index is 1.75. The minimum atomic E-state index is -0.0933. The highest BCUT2D eigenvalue weighted by Crippen LogP contribution is 2.19. The first-order valence-electron chi connectivity index (χ1n) is 8.58. The average molecular weight is 335 g/mol. The van der Waals surface area contributed by atoms with Gasteiger partial charge in [-0.25, -0.2) is 4.79 Å². The molecule has 1 atom stereocenters. The summed E-state index contributed by atoms with van der Waals surface area (Å²) >= 11 is 0. The number of aromatic amines is 1. The van der Waals surface area contributed by atoms with Gasteiger partial charge in [-0.05, 0) is 39.7 Å². The van der Waals surface area contributed by atoms with E-state index in [4.69, 9.17) is 0 Å². The number of hydrogen-bond donors (Lipinski definition) is 2. The molecule has 0 saturated carbocycles. The van der Waals surface area contributed by atoms with Crippen molar-refractivity contribution >= 4 is 11.9 Å². The first kappa shape index (κ1) is 18.3. The van der Waals surface area contributed by atoms with Crippen LogP contribution in [-0.4, -0.2) is 64.7 Å². The fourth-order valence-corrected chi connectivity index (χ4v) is 3.13. The van der Waals surface area contributed by atoms with Crippen molar-refractivity contribution in [3.63, 3.8) is 0 Å². The number of urea groups is 1. The highest BCUT2D eigenvalue weighted by molar-refractivity contribution is 5.79. The highest BCUT2D eigenvalue weighted by Gasteiger charge is 2.31. The Labute approximate surface area is 143 Å². The number of H-pyrrole nitrogens is 1. The quantitative estimate of drug-likeness (QED) is 0.826. The maximum absolute atomic E-state index is 12.2. The van der Waals surface area contributed by atoms with Gasteiger partial charge in [-0.15, -0.1) is 0 Å². The van der Waals surface area contributed by atoms with E-state index in [2.05, 4.69) is 15.5 Å². The molecule has 0 aromatic carbocycles. The van der Waals surface area contributed by atoms with Gasteiger partial charge in [0.15, 0.2) is 0 Å². The number of likely N-dealkylation sites (N-methyl/N-ethyl adjacent to an activating group) is 1. The molecular weight excluding hydrogens is 306 g/mol. The van der Waals surface area contributed by atoms with E-state index in [9.17, 15) is 9.59 Å². The van der Waals surface area contributed by atoms with E-state index in [1.165, 1.54) is 5.56 Å². The molecule has 1 fully saturated rings. The number of likely N-dealkylation sites (tertiary alicyclic amines) is 1. The lowest BCUT2D eigenvalue weighted by molar-refractivity contribution is -0.129. The lowest BCUT2D eigenvalue weighted by Gasteiger charge is -2.22. The molecule has 1 aliphatic rings. The largest absolute Gasteiger partial charge is 0.340 e. The van der Waals surface area contributed by atoms with Crippen molar-refractivity contribution in [2.75, 3.05) is 26.7 Å². The minimum absolute atomic E-state index is 0.0933. The number of hydrogen-bond acceptors (Lipinski definition) is 3. The van der Waals surface area contributed by atoms with Gasteiger partial charge < -0.3 is 15.1 Å². The monoisotopic (exact) mass is 335 g/mol. The van der Waals surface area contributed by atoms with Crippen LogP contribution in [0, 0.1) is 19.8 Å². The summed E-state index contributed by atoms with van der Waals surface area (Å²) in [5.41, 5.74) is 3.21. The summed E-state index contributed by atoms with van der Waals surface area (Å²) in [6, 6.07) is 0.131. The molecule has 24 heavy (non-hydrogen) atoms. The predicted molar refractivity (Wildman–Crippen MR) is 92.8 cm³/mol. The molecule has 0 aliphatic carbocycles. The summed E-state index contributed by atoms with van der Waals surface area (Å²) in [7, 11) is 1.79. The normalized spacial score (nSPS) is 17.7. The zero-order chi connectivity index (χ0) is 17.9. The zero-order valence-electron chi connectivity index (χ0n) is 15.3. The average Bonchev–Trinajstić information content (AvgIpc) is 3.05. The summed E-state index contributed by atoms with van der Waals surface area (Å²) < 4.78 is 0. The molecule has 1 saturated heterocycles. The van der Waals surface area contributed by atoms with Crippen molar-refractivity contribution in [3.8, 4) is 0 Å². The molecule has 7 heteroatoms. The molecule has 1 aliphatic heterocycles. The summed E-state index contributed by atoms with van der Waals surface area (Å²) in [5, 5.41) is 10.1. The lowest BCUT2D eigenvalue weighted by Crippen LogP contribution is -2.41. The van der Waals surface area contributed by atoms with Gasteiger partial charge >= 0.3 is 6.03 Å². The molecule has 2 N–H and O–H groups in total. The Bertz CT molecular complexity index is 576. The van der Waals surface area contributed by atoms with Crippen molar-refractivity contribution in [1.29, 1.82) is 0 Å². The molecule has 0 spiro atoms. The van der Waals surface area contributed by atoms with Gasteiger partial charge in [0.05, 0.1) is 5.69 Å². The second-order valence-corrected chi connectivity index (χ2v) is 6.98. The summed E-state index contributed by atoms with van der Waals surface area (Å²) in [5.74, 6) is 0.388. The molecule has 2 heterocycles. The van der Waals surface area contributed by atoms with Crippen molar-refractivity contribution in [1.82, 2.24) is 25.3 Å². The number of amides is 3. The molecular formula is C17H29N5O2. The molecule has 1 aromatic rings. The van der Waals surface area contributed by atoms with Gasteiger partial charge in [0.2, 0.25) is 5.91 Å². The van der Waals surface area contributed by atoms with Crippen LogP contribution in [0.25, 0.3) is 0 Å². The first-order chi connectivity index (χ1) is 11.3. The fraction of sp³-hybridized carbons (Fsp3) is 0.706. The van der Waals surface area contributed by atoms with Gasteiger partial charge in [-0.2, -0.15) is 5.10 Å². The van der Waals surface area contributed by atoms with Crippen molar-refractivity contribution in [2.24, 2.45) is 5.92 Å². The van der Waals surface area contributed by atoms with E-state index in [1.54, 1.807) is 11.9 Å². The Hall–Kier alpha value is -2.05. The molecule has 7 nitrogen and oxygen atoms in total. The summed E-state index contributed by atoms with van der Waals surface area (Å²) in [6.07, 6.45) is 1.30. The van der Waals surface area contributed by atoms with Crippen LogP contribution in [0.3, 0.4) is 0 Å². The molecule has 0 radical (unpaired) electrons. The van der Waals surface area contributed by atoms with Gasteiger partial charge in [0.25, 0.3) is 0 Å². The number of carbonyl (C=O) groups excluding carboxylic acids is 2.